The monoisotopic (exact) mass is 302 g/mol. The molecule has 1 rings (SSSR count). The Balaban J connectivity index is 0.000000810. The van der Waals surface area contributed by atoms with Crippen molar-refractivity contribution < 1.29 is 25.8 Å². The number of allylic oxidation sites excluding steroid dienone is 4. The molecule has 10 heavy (non-hydrogen) atoms. The van der Waals surface area contributed by atoms with Gasteiger partial charge in [-0.2, -0.15) is 0 Å². The van der Waals surface area contributed by atoms with Gasteiger partial charge in [-0.3, -0.25) is 0 Å². The van der Waals surface area contributed by atoms with E-state index >= 15 is 0 Å². The molecule has 1 atom stereocenters. The largest absolute Gasteiger partial charge is 0.0773 e. The fourth-order valence-electron chi connectivity index (χ4n) is 1.25. The zero-order valence-corrected chi connectivity index (χ0v) is 10.3. The Morgan fingerprint density at radius 3 is 2.60 bits per heavy atom. The molecule has 0 saturated heterocycles. The minimum atomic E-state index is 0. The van der Waals surface area contributed by atoms with Crippen LogP contribution < -0.4 is 0 Å². The maximum absolute atomic E-state index is 2.29. The zero-order chi connectivity index (χ0) is 6.69. The van der Waals surface area contributed by atoms with E-state index in [4.69, 9.17) is 0 Å². The van der Waals surface area contributed by atoms with Gasteiger partial charge < -0.3 is 0 Å². The first-order valence-electron chi connectivity index (χ1n) is 3.69. The third-order valence-electron chi connectivity index (χ3n) is 1.89. The van der Waals surface area contributed by atoms with Crippen molar-refractivity contribution in [3.63, 3.8) is 0 Å². The minimum Gasteiger partial charge on any atom is -0.0773 e. The van der Waals surface area contributed by atoms with Gasteiger partial charge in [0, 0.05) is 25.8 Å². The van der Waals surface area contributed by atoms with Crippen LogP contribution in [-0.4, -0.2) is 0 Å². The van der Waals surface area contributed by atoms with Crippen molar-refractivity contribution in [2.45, 2.75) is 26.7 Å². The van der Waals surface area contributed by atoms with Crippen LogP contribution in [0.2, 0.25) is 0 Å². The fourth-order valence-corrected chi connectivity index (χ4v) is 1.25. The van der Waals surface area contributed by atoms with Crippen molar-refractivity contribution in [1.82, 2.24) is 0 Å². The molecule has 0 aromatic carbocycles. The summed E-state index contributed by atoms with van der Waals surface area (Å²) in [5.41, 5.74) is 1.52. The summed E-state index contributed by atoms with van der Waals surface area (Å²) in [5, 5.41) is 0. The van der Waals surface area contributed by atoms with E-state index in [1.54, 1.807) is 0 Å². The van der Waals surface area contributed by atoms with E-state index in [-0.39, 0.29) is 25.8 Å². The summed E-state index contributed by atoms with van der Waals surface area (Å²) in [7, 11) is 0. The Morgan fingerprint density at radius 1 is 1.50 bits per heavy atom. The van der Waals surface area contributed by atoms with Crippen LogP contribution in [0.25, 0.3) is 0 Å². The van der Waals surface area contributed by atoms with Gasteiger partial charge in [0.25, 0.3) is 0 Å². The van der Waals surface area contributed by atoms with Crippen LogP contribution in [0.15, 0.2) is 23.8 Å². The normalized spacial score (nSPS) is 22.2. The van der Waals surface area contributed by atoms with E-state index in [1.165, 1.54) is 18.4 Å². The smallest absolute Gasteiger partial charge is 0 e. The van der Waals surface area contributed by atoms with Crippen LogP contribution in [0.3, 0.4) is 0 Å². The van der Waals surface area contributed by atoms with Crippen molar-refractivity contribution in [3.8, 4) is 0 Å². The average Bonchev–Trinajstić information content (AvgIpc) is 2.18. The average molecular weight is 301 g/mol. The first-order valence-corrected chi connectivity index (χ1v) is 3.69. The second-order valence-electron chi connectivity index (χ2n) is 2.69. The van der Waals surface area contributed by atoms with Crippen molar-refractivity contribution in [2.75, 3.05) is 0 Å². The summed E-state index contributed by atoms with van der Waals surface area (Å²) < 4.78 is 0. The molecule has 54 valence electrons. The first kappa shape index (κ1) is 10.4. The second-order valence-corrected chi connectivity index (χ2v) is 2.69. The standard InChI is InChI=1S/C9H14.Hf/c1-3-5-9-7-4-6-8(9)2;/h4,6-7,9H,3,5H2,1-2H3;. The summed E-state index contributed by atoms with van der Waals surface area (Å²) in [6, 6.07) is 0. The van der Waals surface area contributed by atoms with Gasteiger partial charge in [-0.05, 0) is 19.3 Å². The Morgan fingerprint density at radius 2 is 2.20 bits per heavy atom. The summed E-state index contributed by atoms with van der Waals surface area (Å²) in [4.78, 5) is 0. The molecule has 0 bridgehead atoms. The summed E-state index contributed by atoms with van der Waals surface area (Å²) in [5.74, 6) is 0.759. The summed E-state index contributed by atoms with van der Waals surface area (Å²) >= 11 is 0. The molecule has 0 saturated carbocycles. The predicted molar refractivity (Wildman–Crippen MR) is 41.3 cm³/mol. The van der Waals surface area contributed by atoms with Gasteiger partial charge in [-0.25, -0.2) is 0 Å². The summed E-state index contributed by atoms with van der Waals surface area (Å²) in [6.45, 7) is 4.44. The van der Waals surface area contributed by atoms with E-state index < -0.39 is 0 Å². The molecule has 0 radical (unpaired) electrons. The van der Waals surface area contributed by atoms with E-state index in [9.17, 15) is 0 Å². The molecule has 0 aliphatic heterocycles. The van der Waals surface area contributed by atoms with E-state index in [2.05, 4.69) is 32.1 Å². The van der Waals surface area contributed by atoms with Crippen molar-refractivity contribution >= 4 is 0 Å². The topological polar surface area (TPSA) is 0 Å². The molecule has 0 spiro atoms. The molecule has 0 amide bonds. The van der Waals surface area contributed by atoms with Gasteiger partial charge in [0.1, 0.15) is 0 Å². The molecule has 0 heterocycles. The van der Waals surface area contributed by atoms with Crippen molar-refractivity contribution in [1.29, 1.82) is 0 Å². The Kier molecular flexibility index (Phi) is 5.24. The third-order valence-corrected chi connectivity index (χ3v) is 1.89. The molecule has 1 unspecified atom stereocenters. The van der Waals surface area contributed by atoms with Gasteiger partial charge >= 0.3 is 0 Å². The maximum Gasteiger partial charge on any atom is 0 e. The Hall–Kier alpha value is 0.350. The minimum absolute atomic E-state index is 0. The first-order chi connectivity index (χ1) is 4.34. The van der Waals surface area contributed by atoms with Crippen molar-refractivity contribution in [2.24, 2.45) is 5.92 Å². The van der Waals surface area contributed by atoms with Gasteiger partial charge in [0.2, 0.25) is 0 Å². The van der Waals surface area contributed by atoms with Crippen LogP contribution >= 0.6 is 0 Å². The molecule has 1 heteroatoms. The molecule has 0 fully saturated rings. The molecular formula is C9H14Hf. The number of hydrogen-bond acceptors (Lipinski definition) is 0. The molecule has 0 nitrogen and oxygen atoms in total. The predicted octanol–water partition coefficient (Wildman–Crippen LogP) is 2.92. The van der Waals surface area contributed by atoms with Gasteiger partial charge in [0.05, 0.1) is 0 Å². The van der Waals surface area contributed by atoms with Crippen LogP contribution in [-0.2, 0) is 25.8 Å². The van der Waals surface area contributed by atoms with Crippen LogP contribution in [0.5, 0.6) is 0 Å². The maximum atomic E-state index is 2.29. The second kappa shape index (κ2) is 5.06. The molecule has 1 aliphatic rings. The van der Waals surface area contributed by atoms with Gasteiger partial charge in [-0.1, -0.05) is 37.1 Å². The quantitative estimate of drug-likeness (QED) is 0.688. The molecule has 0 aromatic rings. The molecular weight excluding hydrogens is 287 g/mol. The number of rotatable bonds is 2. The van der Waals surface area contributed by atoms with Gasteiger partial charge in [-0.15, -0.1) is 0 Å². The zero-order valence-electron chi connectivity index (χ0n) is 6.72. The Bertz CT molecular complexity index is 145. The van der Waals surface area contributed by atoms with E-state index in [1.807, 2.05) is 0 Å². The SMILES string of the molecule is CCCC1C=CC=C1C.[Hf]. The molecule has 1 aliphatic carbocycles. The van der Waals surface area contributed by atoms with E-state index in [0.29, 0.717) is 0 Å². The Labute approximate surface area is 82.2 Å². The van der Waals surface area contributed by atoms with Crippen molar-refractivity contribution in [3.05, 3.63) is 23.8 Å². The molecule has 0 N–H and O–H groups in total. The summed E-state index contributed by atoms with van der Waals surface area (Å²) in [6.07, 6.45) is 9.27. The van der Waals surface area contributed by atoms with Crippen LogP contribution in [0, 0.1) is 5.92 Å². The molecule has 0 aromatic heterocycles. The number of hydrogen-bond donors (Lipinski definition) is 0. The van der Waals surface area contributed by atoms with Crippen LogP contribution in [0.1, 0.15) is 26.7 Å². The van der Waals surface area contributed by atoms with Crippen LogP contribution in [0.4, 0.5) is 0 Å². The fraction of sp³-hybridized carbons (Fsp3) is 0.556. The van der Waals surface area contributed by atoms with Gasteiger partial charge in [0.15, 0.2) is 0 Å². The third kappa shape index (κ3) is 2.53. The van der Waals surface area contributed by atoms with E-state index in [0.717, 1.165) is 5.92 Å².